The minimum Gasteiger partial charge on any atom is -0.268 e. The van der Waals surface area contributed by atoms with Gasteiger partial charge in [-0.2, -0.15) is 0 Å². The molecule has 0 radical (unpaired) electrons. The summed E-state index contributed by atoms with van der Waals surface area (Å²) in [6.07, 6.45) is 3.87. The fourth-order valence-corrected chi connectivity index (χ4v) is 1.44. The van der Waals surface area contributed by atoms with Gasteiger partial charge in [0, 0.05) is 12.1 Å². The van der Waals surface area contributed by atoms with Crippen LogP contribution in [0.3, 0.4) is 0 Å². The zero-order valence-corrected chi connectivity index (χ0v) is 6.30. The van der Waals surface area contributed by atoms with E-state index in [4.69, 9.17) is 5.84 Å². The van der Waals surface area contributed by atoms with Crippen molar-refractivity contribution in [3.63, 3.8) is 0 Å². The largest absolute Gasteiger partial charge is 0.268 e. The Balaban J connectivity index is 2.41. The van der Waals surface area contributed by atoms with E-state index in [1.807, 2.05) is 5.01 Å². The van der Waals surface area contributed by atoms with Crippen LogP contribution in [0, 0.1) is 0 Å². The van der Waals surface area contributed by atoms with Crippen LogP contribution in [0.25, 0.3) is 0 Å². The Hall–Kier alpha value is -0.0800. The van der Waals surface area contributed by atoms with Crippen LogP contribution in [0.15, 0.2) is 0 Å². The smallest absolute Gasteiger partial charge is 0.0215 e. The van der Waals surface area contributed by atoms with Crippen LogP contribution in [-0.2, 0) is 0 Å². The normalized spacial score (nSPS) is 39.0. The Bertz CT molecular complexity index is 82.9. The molecule has 1 fully saturated rings. The second-order valence-corrected chi connectivity index (χ2v) is 3.08. The highest BCUT2D eigenvalue weighted by Crippen LogP contribution is 2.18. The Morgan fingerprint density at radius 2 is 1.67 bits per heavy atom. The van der Waals surface area contributed by atoms with Crippen molar-refractivity contribution in [2.24, 2.45) is 5.84 Å². The predicted octanol–water partition coefficient (Wildman–Crippen LogP) is 1.12. The SMILES string of the molecule is C[C@@H]1CCC[C@@H](C)N1N. The Morgan fingerprint density at radius 3 is 2.00 bits per heavy atom. The van der Waals surface area contributed by atoms with Gasteiger partial charge in [0.1, 0.15) is 0 Å². The van der Waals surface area contributed by atoms with Gasteiger partial charge in [0.25, 0.3) is 0 Å². The lowest BCUT2D eigenvalue weighted by Crippen LogP contribution is -2.48. The van der Waals surface area contributed by atoms with E-state index in [2.05, 4.69) is 13.8 Å². The fraction of sp³-hybridized carbons (Fsp3) is 1.00. The molecule has 0 bridgehead atoms. The van der Waals surface area contributed by atoms with Gasteiger partial charge >= 0.3 is 0 Å². The number of hydrogen-bond donors (Lipinski definition) is 1. The lowest BCUT2D eigenvalue weighted by atomic mass is 10.0. The number of rotatable bonds is 0. The molecule has 2 heteroatoms. The van der Waals surface area contributed by atoms with Crippen LogP contribution >= 0.6 is 0 Å². The van der Waals surface area contributed by atoms with Gasteiger partial charge in [0.05, 0.1) is 0 Å². The van der Waals surface area contributed by atoms with E-state index in [0.717, 1.165) is 0 Å². The number of piperidine rings is 1. The van der Waals surface area contributed by atoms with Crippen molar-refractivity contribution in [1.82, 2.24) is 5.01 Å². The molecule has 1 aliphatic heterocycles. The fourth-order valence-electron chi connectivity index (χ4n) is 1.44. The minimum atomic E-state index is 0.591. The molecule has 1 saturated heterocycles. The molecule has 0 aromatic rings. The van der Waals surface area contributed by atoms with Crippen LogP contribution in [0.2, 0.25) is 0 Å². The first-order valence-electron chi connectivity index (χ1n) is 3.75. The predicted molar refractivity (Wildman–Crippen MR) is 38.8 cm³/mol. The highest BCUT2D eigenvalue weighted by molar-refractivity contribution is 4.74. The Labute approximate surface area is 57.0 Å². The van der Waals surface area contributed by atoms with E-state index in [1.165, 1.54) is 19.3 Å². The third kappa shape index (κ3) is 1.43. The molecular formula is C7H16N2. The number of hydrogen-bond acceptors (Lipinski definition) is 2. The first kappa shape index (κ1) is 7.03. The first-order chi connectivity index (χ1) is 4.22. The van der Waals surface area contributed by atoms with Crippen molar-refractivity contribution in [2.45, 2.75) is 45.2 Å². The molecule has 2 atom stereocenters. The monoisotopic (exact) mass is 128 g/mol. The maximum absolute atomic E-state index is 5.76. The van der Waals surface area contributed by atoms with Gasteiger partial charge in [-0.05, 0) is 26.7 Å². The molecule has 2 nitrogen and oxygen atoms in total. The van der Waals surface area contributed by atoms with Crippen LogP contribution in [0.5, 0.6) is 0 Å². The van der Waals surface area contributed by atoms with Crippen LogP contribution in [0.1, 0.15) is 33.1 Å². The van der Waals surface area contributed by atoms with E-state index in [-0.39, 0.29) is 0 Å². The summed E-state index contributed by atoms with van der Waals surface area (Å²) in [5, 5.41) is 1.98. The van der Waals surface area contributed by atoms with Gasteiger partial charge in [0.15, 0.2) is 0 Å². The molecule has 1 aliphatic rings. The van der Waals surface area contributed by atoms with Gasteiger partial charge in [0.2, 0.25) is 0 Å². The van der Waals surface area contributed by atoms with Crippen molar-refractivity contribution in [3.8, 4) is 0 Å². The van der Waals surface area contributed by atoms with Gasteiger partial charge < -0.3 is 0 Å². The summed E-state index contributed by atoms with van der Waals surface area (Å²) in [6.45, 7) is 4.38. The molecule has 1 heterocycles. The van der Waals surface area contributed by atoms with Crippen molar-refractivity contribution in [2.75, 3.05) is 0 Å². The highest BCUT2D eigenvalue weighted by Gasteiger charge is 2.20. The average molecular weight is 128 g/mol. The van der Waals surface area contributed by atoms with Crippen molar-refractivity contribution in [1.29, 1.82) is 0 Å². The summed E-state index contributed by atoms with van der Waals surface area (Å²) < 4.78 is 0. The standard InChI is InChI=1S/C7H16N2/c1-6-4-3-5-7(2)9(6)8/h6-7H,3-5,8H2,1-2H3/t6-,7-/m1/s1. The van der Waals surface area contributed by atoms with E-state index in [9.17, 15) is 0 Å². The maximum atomic E-state index is 5.76. The topological polar surface area (TPSA) is 29.3 Å². The van der Waals surface area contributed by atoms with E-state index >= 15 is 0 Å². The second-order valence-electron chi connectivity index (χ2n) is 3.08. The second kappa shape index (κ2) is 2.67. The zero-order chi connectivity index (χ0) is 6.85. The summed E-state index contributed by atoms with van der Waals surface area (Å²) in [5.41, 5.74) is 0. The van der Waals surface area contributed by atoms with Crippen molar-refractivity contribution in [3.05, 3.63) is 0 Å². The molecule has 54 valence electrons. The van der Waals surface area contributed by atoms with Crippen molar-refractivity contribution >= 4 is 0 Å². The van der Waals surface area contributed by atoms with E-state index in [0.29, 0.717) is 12.1 Å². The summed E-state index contributed by atoms with van der Waals surface area (Å²) in [7, 11) is 0. The van der Waals surface area contributed by atoms with Crippen molar-refractivity contribution < 1.29 is 0 Å². The van der Waals surface area contributed by atoms with Crippen LogP contribution in [-0.4, -0.2) is 17.1 Å². The Kier molecular flexibility index (Phi) is 2.09. The van der Waals surface area contributed by atoms with Gasteiger partial charge in [-0.1, -0.05) is 6.42 Å². The number of nitrogens with zero attached hydrogens (tertiary/aromatic N) is 1. The molecule has 0 aromatic heterocycles. The molecule has 0 saturated carbocycles. The summed E-state index contributed by atoms with van der Waals surface area (Å²) in [4.78, 5) is 0. The molecular weight excluding hydrogens is 112 g/mol. The molecule has 9 heavy (non-hydrogen) atoms. The summed E-state index contributed by atoms with van der Waals surface area (Å²) in [6, 6.07) is 1.18. The molecule has 0 unspecified atom stereocenters. The zero-order valence-electron chi connectivity index (χ0n) is 6.30. The third-order valence-corrected chi connectivity index (χ3v) is 2.26. The average Bonchev–Trinajstić information content (AvgIpc) is 1.83. The molecule has 0 spiro atoms. The van der Waals surface area contributed by atoms with E-state index in [1.54, 1.807) is 0 Å². The minimum absolute atomic E-state index is 0.591. The highest BCUT2D eigenvalue weighted by atomic mass is 15.4. The van der Waals surface area contributed by atoms with Crippen LogP contribution in [0.4, 0.5) is 0 Å². The van der Waals surface area contributed by atoms with Gasteiger partial charge in [-0.15, -0.1) is 0 Å². The van der Waals surface area contributed by atoms with E-state index < -0.39 is 0 Å². The van der Waals surface area contributed by atoms with Crippen LogP contribution < -0.4 is 5.84 Å². The Morgan fingerprint density at radius 1 is 1.22 bits per heavy atom. The molecule has 2 N–H and O–H groups in total. The number of nitrogens with two attached hydrogens (primary N) is 1. The molecule has 1 rings (SSSR count). The number of hydrazine groups is 1. The molecule has 0 aromatic carbocycles. The van der Waals surface area contributed by atoms with Gasteiger partial charge in [-0.25, -0.2) is 5.01 Å². The first-order valence-corrected chi connectivity index (χ1v) is 3.75. The molecule has 0 amide bonds. The lowest BCUT2D eigenvalue weighted by Gasteiger charge is -2.34. The maximum Gasteiger partial charge on any atom is 0.0215 e. The summed E-state index contributed by atoms with van der Waals surface area (Å²) in [5.74, 6) is 5.76. The molecule has 0 aliphatic carbocycles. The summed E-state index contributed by atoms with van der Waals surface area (Å²) >= 11 is 0. The van der Waals surface area contributed by atoms with Gasteiger partial charge in [-0.3, -0.25) is 5.84 Å². The third-order valence-electron chi connectivity index (χ3n) is 2.26. The quantitative estimate of drug-likeness (QED) is 0.495. The lowest BCUT2D eigenvalue weighted by molar-refractivity contribution is 0.105.